The van der Waals surface area contributed by atoms with E-state index in [4.69, 9.17) is 16.1 Å². The third-order valence-corrected chi connectivity index (χ3v) is 2.04. The van der Waals surface area contributed by atoms with Crippen molar-refractivity contribution in [1.82, 2.24) is 5.32 Å². The molecule has 0 aromatic carbocycles. The van der Waals surface area contributed by atoms with Gasteiger partial charge in [0, 0.05) is 12.8 Å². The van der Waals surface area contributed by atoms with E-state index in [1.807, 2.05) is 6.07 Å². The number of carboxylic acid groups (broad SMARTS) is 1. The fourth-order valence-corrected chi connectivity index (χ4v) is 1.19. The number of rotatable bonds is 8. The van der Waals surface area contributed by atoms with Gasteiger partial charge in [0.15, 0.2) is 0 Å². The van der Waals surface area contributed by atoms with E-state index in [-0.39, 0.29) is 12.8 Å². The monoisotopic (exact) mass is 227 g/mol. The maximum atomic E-state index is 11.2. The topological polar surface area (TPSA) is 116 Å². The number of nitriles is 1. The number of hydrogen-bond acceptors (Lipinski definition) is 4. The number of hydrogen-bond donors (Lipinski definition) is 3. The van der Waals surface area contributed by atoms with Gasteiger partial charge < -0.3 is 16.2 Å². The smallest absolute Gasteiger partial charge is 0.326 e. The number of carbonyl (C=O) groups is 2. The molecular formula is C10H17N3O3. The number of nitrogens with zero attached hydrogens (tertiary/aromatic N) is 1. The van der Waals surface area contributed by atoms with Crippen LogP contribution in [0, 0.1) is 11.3 Å². The fraction of sp³-hybridized carbons (Fsp3) is 0.700. The first-order valence-electron chi connectivity index (χ1n) is 5.21. The SMILES string of the molecule is N#CCCC(=O)N[C@@H](CCCCN)C(=O)O. The van der Waals surface area contributed by atoms with Crippen molar-refractivity contribution in [2.24, 2.45) is 5.73 Å². The summed E-state index contributed by atoms with van der Waals surface area (Å²) in [5, 5.41) is 19.5. The van der Waals surface area contributed by atoms with Gasteiger partial charge in [0.1, 0.15) is 6.04 Å². The highest BCUT2D eigenvalue weighted by atomic mass is 16.4. The summed E-state index contributed by atoms with van der Waals surface area (Å²) in [4.78, 5) is 22.0. The Morgan fingerprint density at radius 2 is 2.12 bits per heavy atom. The molecule has 1 atom stereocenters. The molecule has 90 valence electrons. The van der Waals surface area contributed by atoms with Crippen LogP contribution in [0.3, 0.4) is 0 Å². The van der Waals surface area contributed by atoms with Crippen LogP contribution in [-0.2, 0) is 9.59 Å². The molecule has 0 aromatic heterocycles. The van der Waals surface area contributed by atoms with Gasteiger partial charge in [-0.3, -0.25) is 4.79 Å². The zero-order valence-electron chi connectivity index (χ0n) is 9.11. The molecular weight excluding hydrogens is 210 g/mol. The highest BCUT2D eigenvalue weighted by Gasteiger charge is 2.18. The highest BCUT2D eigenvalue weighted by molar-refractivity contribution is 5.83. The quantitative estimate of drug-likeness (QED) is 0.504. The van der Waals surface area contributed by atoms with Gasteiger partial charge >= 0.3 is 5.97 Å². The predicted octanol–water partition coefficient (Wildman–Crippen LogP) is -0.0114. The van der Waals surface area contributed by atoms with Crippen LogP contribution in [0.25, 0.3) is 0 Å². The molecule has 0 aliphatic heterocycles. The van der Waals surface area contributed by atoms with E-state index in [1.165, 1.54) is 0 Å². The van der Waals surface area contributed by atoms with Crippen molar-refractivity contribution in [2.75, 3.05) is 6.54 Å². The molecule has 0 aliphatic rings. The Morgan fingerprint density at radius 1 is 1.44 bits per heavy atom. The van der Waals surface area contributed by atoms with Crippen molar-refractivity contribution >= 4 is 11.9 Å². The maximum Gasteiger partial charge on any atom is 0.326 e. The van der Waals surface area contributed by atoms with Crippen LogP contribution in [0.5, 0.6) is 0 Å². The van der Waals surface area contributed by atoms with E-state index in [2.05, 4.69) is 5.32 Å². The van der Waals surface area contributed by atoms with Crippen LogP contribution in [-0.4, -0.2) is 29.6 Å². The molecule has 1 amide bonds. The molecule has 0 saturated carbocycles. The van der Waals surface area contributed by atoms with Crippen LogP contribution in [0.1, 0.15) is 32.1 Å². The largest absolute Gasteiger partial charge is 0.480 e. The Labute approximate surface area is 94.4 Å². The summed E-state index contributed by atoms with van der Waals surface area (Å²) in [5.41, 5.74) is 5.29. The summed E-state index contributed by atoms with van der Waals surface area (Å²) in [7, 11) is 0. The Morgan fingerprint density at radius 3 is 2.62 bits per heavy atom. The van der Waals surface area contributed by atoms with Gasteiger partial charge in [-0.2, -0.15) is 5.26 Å². The van der Waals surface area contributed by atoms with Crippen LogP contribution in [0.15, 0.2) is 0 Å². The van der Waals surface area contributed by atoms with E-state index in [0.29, 0.717) is 19.4 Å². The second-order valence-electron chi connectivity index (χ2n) is 3.40. The van der Waals surface area contributed by atoms with Gasteiger partial charge in [-0.25, -0.2) is 4.79 Å². The standard InChI is InChI=1S/C10H17N3O3/c11-6-2-1-4-8(10(15)16)13-9(14)5-3-7-12/h8H,1-6,11H2,(H,13,14)(H,15,16)/t8-/m0/s1. The lowest BCUT2D eigenvalue weighted by Gasteiger charge is -2.13. The first-order valence-corrected chi connectivity index (χ1v) is 5.21. The Hall–Kier alpha value is -1.61. The van der Waals surface area contributed by atoms with Crippen molar-refractivity contribution in [1.29, 1.82) is 5.26 Å². The molecule has 0 saturated heterocycles. The fourth-order valence-electron chi connectivity index (χ4n) is 1.19. The lowest BCUT2D eigenvalue weighted by molar-refractivity contribution is -0.142. The number of nitrogens with two attached hydrogens (primary N) is 1. The van der Waals surface area contributed by atoms with Gasteiger partial charge in [0.25, 0.3) is 0 Å². The average Bonchev–Trinajstić information content (AvgIpc) is 2.25. The molecule has 0 aromatic rings. The second-order valence-corrected chi connectivity index (χ2v) is 3.40. The normalized spacial score (nSPS) is 11.5. The number of carbonyl (C=O) groups excluding carboxylic acids is 1. The first kappa shape index (κ1) is 14.4. The van der Waals surface area contributed by atoms with E-state index in [0.717, 1.165) is 6.42 Å². The number of amides is 1. The summed E-state index contributed by atoms with van der Waals surface area (Å²) >= 11 is 0. The van der Waals surface area contributed by atoms with Crippen molar-refractivity contribution in [2.45, 2.75) is 38.1 Å². The van der Waals surface area contributed by atoms with E-state index in [9.17, 15) is 9.59 Å². The molecule has 0 radical (unpaired) electrons. The first-order chi connectivity index (χ1) is 7.61. The molecule has 0 spiro atoms. The van der Waals surface area contributed by atoms with E-state index in [1.54, 1.807) is 0 Å². The average molecular weight is 227 g/mol. The minimum atomic E-state index is -1.05. The number of nitrogens with one attached hydrogen (secondary N) is 1. The van der Waals surface area contributed by atoms with Gasteiger partial charge in [0.05, 0.1) is 6.07 Å². The lowest BCUT2D eigenvalue weighted by atomic mass is 10.1. The van der Waals surface area contributed by atoms with Gasteiger partial charge in [-0.15, -0.1) is 0 Å². The minimum Gasteiger partial charge on any atom is -0.480 e. The molecule has 16 heavy (non-hydrogen) atoms. The van der Waals surface area contributed by atoms with Crippen molar-refractivity contribution < 1.29 is 14.7 Å². The number of carboxylic acids is 1. The van der Waals surface area contributed by atoms with E-state index < -0.39 is 17.9 Å². The predicted molar refractivity (Wildman–Crippen MR) is 57.3 cm³/mol. The molecule has 0 aliphatic carbocycles. The maximum absolute atomic E-state index is 11.2. The van der Waals surface area contributed by atoms with Gasteiger partial charge in [0.2, 0.25) is 5.91 Å². The highest BCUT2D eigenvalue weighted by Crippen LogP contribution is 2.01. The third kappa shape index (κ3) is 6.79. The molecule has 0 unspecified atom stereocenters. The second kappa shape index (κ2) is 8.68. The van der Waals surface area contributed by atoms with Crippen molar-refractivity contribution in [3.63, 3.8) is 0 Å². The summed E-state index contributed by atoms with van der Waals surface area (Å²) in [6.45, 7) is 0.509. The number of aliphatic carboxylic acids is 1. The third-order valence-electron chi connectivity index (χ3n) is 2.04. The summed E-state index contributed by atoms with van der Waals surface area (Å²) in [6, 6.07) is 0.952. The Balaban J connectivity index is 3.98. The molecule has 4 N–H and O–H groups in total. The molecule has 6 heteroatoms. The van der Waals surface area contributed by atoms with Gasteiger partial charge in [-0.1, -0.05) is 0 Å². The van der Waals surface area contributed by atoms with E-state index >= 15 is 0 Å². The minimum absolute atomic E-state index is 0.0389. The zero-order chi connectivity index (χ0) is 12.4. The lowest BCUT2D eigenvalue weighted by Crippen LogP contribution is -2.40. The Kier molecular flexibility index (Phi) is 7.81. The molecule has 0 bridgehead atoms. The van der Waals surface area contributed by atoms with Crippen LogP contribution < -0.4 is 11.1 Å². The summed E-state index contributed by atoms with van der Waals surface area (Å²) in [6.07, 6.45) is 1.90. The van der Waals surface area contributed by atoms with Crippen LogP contribution >= 0.6 is 0 Å². The van der Waals surface area contributed by atoms with Crippen molar-refractivity contribution in [3.05, 3.63) is 0 Å². The molecule has 6 nitrogen and oxygen atoms in total. The zero-order valence-corrected chi connectivity index (χ0v) is 9.11. The van der Waals surface area contributed by atoms with Crippen molar-refractivity contribution in [3.8, 4) is 6.07 Å². The van der Waals surface area contributed by atoms with Crippen LogP contribution in [0.4, 0.5) is 0 Å². The van der Waals surface area contributed by atoms with Crippen LogP contribution in [0.2, 0.25) is 0 Å². The summed E-state index contributed by atoms with van der Waals surface area (Å²) < 4.78 is 0. The molecule has 0 heterocycles. The Bertz CT molecular complexity index is 273. The number of unbranched alkanes of at least 4 members (excludes halogenated alkanes) is 1. The van der Waals surface area contributed by atoms with Gasteiger partial charge in [-0.05, 0) is 25.8 Å². The summed E-state index contributed by atoms with van der Waals surface area (Å²) in [5.74, 6) is -1.45. The molecule has 0 fully saturated rings. The molecule has 0 rings (SSSR count).